The molecule has 4 heteroatoms. The van der Waals surface area contributed by atoms with E-state index in [0.717, 1.165) is 5.41 Å². The van der Waals surface area contributed by atoms with Crippen LogP contribution in [0.15, 0.2) is 46.4 Å². The minimum absolute atomic E-state index is 0.159. The minimum Gasteiger partial charge on any atom is -0.479 e. The summed E-state index contributed by atoms with van der Waals surface area (Å²) in [4.78, 5) is 0.225. The molecular formula is C18H24O3S. The summed E-state index contributed by atoms with van der Waals surface area (Å²) in [5, 5.41) is 1.10. The Morgan fingerprint density at radius 3 is 2.05 bits per heavy atom. The normalized spacial score (nSPS) is 13.3. The van der Waals surface area contributed by atoms with Crippen LogP contribution < -0.4 is 0 Å². The summed E-state index contributed by atoms with van der Waals surface area (Å²) in [5.41, 5.74) is -0.762. The van der Waals surface area contributed by atoms with Gasteiger partial charge in [-0.05, 0) is 59.6 Å². The van der Waals surface area contributed by atoms with Gasteiger partial charge in [0.05, 0.1) is 10.3 Å². The summed E-state index contributed by atoms with van der Waals surface area (Å²) in [6, 6.07) is 8.25. The van der Waals surface area contributed by atoms with Gasteiger partial charge in [-0.25, -0.2) is 8.42 Å². The molecule has 0 atom stereocenters. The van der Waals surface area contributed by atoms with Crippen molar-refractivity contribution < 1.29 is 13.2 Å². The van der Waals surface area contributed by atoms with Crippen molar-refractivity contribution in [2.75, 3.05) is 0 Å². The van der Waals surface area contributed by atoms with Crippen molar-refractivity contribution in [1.29, 1.82) is 0 Å². The molecule has 0 aliphatic heterocycles. The predicted molar refractivity (Wildman–Crippen MR) is 89.8 cm³/mol. The number of hydrogen-bond acceptors (Lipinski definition) is 3. The zero-order valence-electron chi connectivity index (χ0n) is 14.1. The largest absolute Gasteiger partial charge is 0.479 e. The highest BCUT2D eigenvalue weighted by Crippen LogP contribution is 2.19. The Balaban J connectivity index is 3.28. The van der Waals surface area contributed by atoms with Crippen LogP contribution in [0.5, 0.6) is 0 Å². The second-order valence-electron chi connectivity index (χ2n) is 7.05. The third-order valence-electron chi connectivity index (χ3n) is 2.31. The summed E-state index contributed by atoms with van der Waals surface area (Å²) < 4.78 is 30.6. The van der Waals surface area contributed by atoms with Crippen LogP contribution in [0, 0.1) is 17.3 Å². The molecule has 1 rings (SSSR count). The van der Waals surface area contributed by atoms with E-state index in [0.29, 0.717) is 0 Å². The molecule has 0 heterocycles. The number of ether oxygens (including phenoxy) is 1. The Kier molecular flexibility index (Phi) is 5.48. The van der Waals surface area contributed by atoms with Crippen LogP contribution in [-0.2, 0) is 14.6 Å². The smallest absolute Gasteiger partial charge is 0.204 e. The molecule has 0 aromatic heterocycles. The summed E-state index contributed by atoms with van der Waals surface area (Å²) in [5.74, 6) is 6.02. The minimum atomic E-state index is -3.59. The molecule has 0 bridgehead atoms. The lowest BCUT2D eigenvalue weighted by Crippen LogP contribution is -2.19. The average molecular weight is 320 g/mol. The van der Waals surface area contributed by atoms with Crippen molar-refractivity contribution >= 4 is 9.84 Å². The first-order valence-corrected chi connectivity index (χ1v) is 8.68. The van der Waals surface area contributed by atoms with Crippen LogP contribution in [-0.4, -0.2) is 14.0 Å². The van der Waals surface area contributed by atoms with Gasteiger partial charge in [-0.3, -0.25) is 0 Å². The molecule has 0 saturated carbocycles. The van der Waals surface area contributed by atoms with E-state index < -0.39 is 15.4 Å². The van der Waals surface area contributed by atoms with Gasteiger partial charge in [-0.15, -0.1) is 0 Å². The van der Waals surface area contributed by atoms with Gasteiger partial charge in [0.15, 0.2) is 5.76 Å². The number of sulfone groups is 1. The molecule has 0 unspecified atom stereocenters. The lowest BCUT2D eigenvalue weighted by Gasteiger charge is -2.21. The van der Waals surface area contributed by atoms with Gasteiger partial charge in [0.25, 0.3) is 0 Å². The number of allylic oxidation sites excluding steroid dienone is 1. The van der Waals surface area contributed by atoms with E-state index in [-0.39, 0.29) is 16.1 Å². The fraction of sp³-hybridized carbons (Fsp3) is 0.444. The molecule has 0 aliphatic rings. The lowest BCUT2D eigenvalue weighted by atomic mass is 9.98. The van der Waals surface area contributed by atoms with E-state index in [2.05, 4.69) is 11.8 Å². The van der Waals surface area contributed by atoms with E-state index >= 15 is 0 Å². The van der Waals surface area contributed by atoms with Crippen LogP contribution in [0.1, 0.15) is 41.5 Å². The molecule has 120 valence electrons. The van der Waals surface area contributed by atoms with E-state index in [1.807, 2.05) is 41.5 Å². The van der Waals surface area contributed by atoms with Crippen molar-refractivity contribution in [3.8, 4) is 11.8 Å². The first-order valence-electron chi connectivity index (χ1n) is 7.13. The molecular weight excluding hydrogens is 296 g/mol. The zero-order chi connectivity index (χ0) is 17.0. The van der Waals surface area contributed by atoms with Crippen molar-refractivity contribution in [1.82, 2.24) is 0 Å². The Morgan fingerprint density at radius 1 is 1.05 bits per heavy atom. The Bertz CT molecular complexity index is 689. The van der Waals surface area contributed by atoms with E-state index in [1.54, 1.807) is 30.3 Å². The van der Waals surface area contributed by atoms with Crippen LogP contribution in [0.4, 0.5) is 0 Å². The lowest BCUT2D eigenvalue weighted by molar-refractivity contribution is 0.0625. The molecule has 0 radical (unpaired) electrons. The molecule has 0 saturated heterocycles. The standard InChI is InChI=1S/C18H24O3S/c1-17(2,3)13-12-15(21-18(4,5)6)14-22(19,20)16-10-8-7-9-11-16/h7-11,14H,1-6H3/b15-14+. The molecule has 0 amide bonds. The molecule has 1 aromatic rings. The first-order chi connectivity index (χ1) is 9.89. The van der Waals surface area contributed by atoms with Gasteiger partial charge >= 0.3 is 0 Å². The van der Waals surface area contributed by atoms with Gasteiger partial charge in [0, 0.05) is 5.41 Å². The number of hydrogen-bond donors (Lipinski definition) is 0. The summed E-state index contributed by atoms with van der Waals surface area (Å²) in [7, 11) is -3.59. The highest BCUT2D eigenvalue weighted by atomic mass is 32.2. The average Bonchev–Trinajstić information content (AvgIpc) is 2.34. The maximum atomic E-state index is 12.4. The molecule has 1 aromatic carbocycles. The third kappa shape index (κ3) is 6.82. The zero-order valence-corrected chi connectivity index (χ0v) is 14.9. The van der Waals surface area contributed by atoms with Gasteiger partial charge in [-0.1, -0.05) is 24.1 Å². The van der Waals surface area contributed by atoms with Gasteiger partial charge in [0.2, 0.25) is 9.84 Å². The Morgan fingerprint density at radius 2 is 1.59 bits per heavy atom. The Hall–Kier alpha value is -1.73. The van der Waals surface area contributed by atoms with E-state index in [9.17, 15) is 8.42 Å². The molecule has 0 spiro atoms. The Labute approximate surface area is 134 Å². The molecule has 3 nitrogen and oxygen atoms in total. The third-order valence-corrected chi connectivity index (χ3v) is 3.76. The summed E-state index contributed by atoms with van der Waals surface area (Å²) >= 11 is 0. The molecule has 0 aliphatic carbocycles. The molecule has 22 heavy (non-hydrogen) atoms. The van der Waals surface area contributed by atoms with Crippen molar-refractivity contribution in [3.63, 3.8) is 0 Å². The predicted octanol–water partition coefficient (Wildman–Crippen LogP) is 4.17. The fourth-order valence-corrected chi connectivity index (χ4v) is 2.54. The number of benzene rings is 1. The van der Waals surface area contributed by atoms with Crippen molar-refractivity contribution in [2.45, 2.75) is 52.0 Å². The highest BCUT2D eigenvalue weighted by Gasteiger charge is 2.18. The van der Waals surface area contributed by atoms with Crippen LogP contribution in [0.2, 0.25) is 0 Å². The maximum absolute atomic E-state index is 12.4. The quantitative estimate of drug-likeness (QED) is 0.620. The molecule has 0 N–H and O–H groups in total. The SMILES string of the molecule is CC(C)(C)C#C/C(=C\S(=O)(=O)c1ccccc1)OC(C)(C)C. The fourth-order valence-electron chi connectivity index (χ4n) is 1.48. The van der Waals surface area contributed by atoms with Gasteiger partial charge in [-0.2, -0.15) is 0 Å². The van der Waals surface area contributed by atoms with E-state index in [4.69, 9.17) is 4.74 Å². The molecule has 0 fully saturated rings. The summed E-state index contributed by atoms with van der Waals surface area (Å²) in [6.07, 6.45) is 0. The van der Waals surface area contributed by atoms with Crippen molar-refractivity contribution in [3.05, 3.63) is 41.5 Å². The monoisotopic (exact) mass is 320 g/mol. The van der Waals surface area contributed by atoms with Crippen LogP contribution in [0.3, 0.4) is 0 Å². The second-order valence-corrected chi connectivity index (χ2v) is 8.85. The van der Waals surface area contributed by atoms with Gasteiger partial charge < -0.3 is 4.74 Å². The number of rotatable bonds is 3. The van der Waals surface area contributed by atoms with Crippen LogP contribution in [0.25, 0.3) is 0 Å². The van der Waals surface area contributed by atoms with Crippen molar-refractivity contribution in [2.24, 2.45) is 5.41 Å². The summed E-state index contributed by atoms with van der Waals surface area (Å²) in [6.45, 7) is 11.4. The topological polar surface area (TPSA) is 43.4 Å². The van der Waals surface area contributed by atoms with E-state index in [1.165, 1.54) is 0 Å². The van der Waals surface area contributed by atoms with Gasteiger partial charge in [0.1, 0.15) is 5.60 Å². The van der Waals surface area contributed by atoms with Crippen LogP contribution >= 0.6 is 0 Å². The second kappa shape index (κ2) is 6.58. The maximum Gasteiger partial charge on any atom is 0.204 e. The first kappa shape index (κ1) is 18.3. The highest BCUT2D eigenvalue weighted by molar-refractivity contribution is 7.94.